The molecule has 1 atom stereocenters. The normalized spacial score (nSPS) is 13.3. The zero-order valence-electron chi connectivity index (χ0n) is 7.08. The molecular weight excluding hydrogens is 192 g/mol. The van der Waals surface area contributed by atoms with Crippen molar-refractivity contribution >= 4 is 22.4 Å². The van der Waals surface area contributed by atoms with Crippen LogP contribution < -0.4 is 0 Å². The minimum atomic E-state index is -0.902. The van der Waals surface area contributed by atoms with Gasteiger partial charge in [0.1, 0.15) is 0 Å². The Balaban J connectivity index is 2.90. The third-order valence-corrected chi connectivity index (χ3v) is 3.32. The van der Waals surface area contributed by atoms with E-state index in [9.17, 15) is 4.21 Å². The predicted molar refractivity (Wildman–Crippen MR) is 53.0 cm³/mol. The Bertz CT molecular complexity index is 279. The highest BCUT2D eigenvalue weighted by Gasteiger charge is 2.06. The van der Waals surface area contributed by atoms with E-state index in [1.54, 1.807) is 24.3 Å². The van der Waals surface area contributed by atoms with E-state index in [-0.39, 0.29) is 5.25 Å². The molecule has 12 heavy (non-hydrogen) atoms. The maximum absolute atomic E-state index is 11.5. The van der Waals surface area contributed by atoms with Crippen molar-refractivity contribution < 1.29 is 4.21 Å². The minimum absolute atomic E-state index is 0.158. The molecule has 1 aromatic carbocycles. The molecule has 66 valence electrons. The van der Waals surface area contributed by atoms with Crippen molar-refractivity contribution in [2.75, 3.05) is 0 Å². The van der Waals surface area contributed by atoms with E-state index in [1.807, 2.05) is 13.8 Å². The Morgan fingerprint density at radius 1 is 1.25 bits per heavy atom. The molecule has 0 fully saturated rings. The van der Waals surface area contributed by atoms with E-state index < -0.39 is 10.8 Å². The van der Waals surface area contributed by atoms with Crippen LogP contribution in [0.4, 0.5) is 0 Å². The topological polar surface area (TPSA) is 17.1 Å². The SMILES string of the molecule is CC(C)S(=O)c1ccc(Cl)cc1. The molecule has 0 heterocycles. The molecule has 0 aliphatic rings. The highest BCUT2D eigenvalue weighted by atomic mass is 35.5. The highest BCUT2D eigenvalue weighted by Crippen LogP contribution is 2.14. The van der Waals surface area contributed by atoms with Gasteiger partial charge in [-0.05, 0) is 24.3 Å². The van der Waals surface area contributed by atoms with Crippen LogP contribution in [0.1, 0.15) is 13.8 Å². The molecule has 1 rings (SSSR count). The van der Waals surface area contributed by atoms with Crippen LogP contribution >= 0.6 is 11.6 Å². The first kappa shape index (κ1) is 9.75. The van der Waals surface area contributed by atoms with Crippen molar-refractivity contribution in [3.05, 3.63) is 29.3 Å². The second-order valence-electron chi connectivity index (χ2n) is 2.80. The Morgan fingerprint density at radius 2 is 1.75 bits per heavy atom. The zero-order chi connectivity index (χ0) is 9.14. The Hall–Kier alpha value is -0.340. The van der Waals surface area contributed by atoms with Crippen molar-refractivity contribution in [1.82, 2.24) is 0 Å². The number of rotatable bonds is 2. The van der Waals surface area contributed by atoms with Crippen LogP contribution in [0.2, 0.25) is 5.02 Å². The summed E-state index contributed by atoms with van der Waals surface area (Å²) in [7, 11) is -0.902. The van der Waals surface area contributed by atoms with Gasteiger partial charge in [0.15, 0.2) is 0 Å². The summed E-state index contributed by atoms with van der Waals surface area (Å²) < 4.78 is 11.5. The van der Waals surface area contributed by atoms with E-state index in [1.165, 1.54) is 0 Å². The smallest absolute Gasteiger partial charge is 0.0555 e. The number of hydrogen-bond acceptors (Lipinski definition) is 1. The van der Waals surface area contributed by atoms with Crippen molar-refractivity contribution in [3.63, 3.8) is 0 Å². The zero-order valence-corrected chi connectivity index (χ0v) is 8.65. The van der Waals surface area contributed by atoms with Crippen LogP contribution in [-0.4, -0.2) is 9.46 Å². The lowest BCUT2D eigenvalue weighted by molar-refractivity contribution is 0.677. The van der Waals surface area contributed by atoms with Gasteiger partial charge in [0.05, 0.1) is 10.8 Å². The summed E-state index contributed by atoms with van der Waals surface area (Å²) in [5.74, 6) is 0. The van der Waals surface area contributed by atoms with Gasteiger partial charge in [0, 0.05) is 15.2 Å². The molecule has 0 saturated heterocycles. The van der Waals surface area contributed by atoms with Crippen LogP contribution in [-0.2, 0) is 10.8 Å². The fourth-order valence-corrected chi connectivity index (χ4v) is 1.92. The fraction of sp³-hybridized carbons (Fsp3) is 0.333. The van der Waals surface area contributed by atoms with Gasteiger partial charge in [-0.1, -0.05) is 25.4 Å². The molecule has 0 aliphatic heterocycles. The lowest BCUT2D eigenvalue weighted by Crippen LogP contribution is -2.05. The van der Waals surface area contributed by atoms with Crippen LogP contribution in [0.25, 0.3) is 0 Å². The summed E-state index contributed by atoms with van der Waals surface area (Å²) in [5.41, 5.74) is 0. The Labute approximate surface area is 80.2 Å². The van der Waals surface area contributed by atoms with E-state index in [0.717, 1.165) is 4.90 Å². The largest absolute Gasteiger partial charge is 0.254 e. The Morgan fingerprint density at radius 3 is 2.17 bits per heavy atom. The first-order chi connectivity index (χ1) is 5.61. The Kier molecular flexibility index (Phi) is 3.29. The maximum Gasteiger partial charge on any atom is 0.0555 e. The molecule has 0 spiro atoms. The number of benzene rings is 1. The summed E-state index contributed by atoms with van der Waals surface area (Å²) in [4.78, 5) is 0.842. The van der Waals surface area contributed by atoms with Crippen LogP contribution in [0.15, 0.2) is 29.2 Å². The van der Waals surface area contributed by atoms with Crippen molar-refractivity contribution in [2.24, 2.45) is 0 Å². The molecule has 0 aromatic heterocycles. The van der Waals surface area contributed by atoms with E-state index >= 15 is 0 Å². The quantitative estimate of drug-likeness (QED) is 0.721. The van der Waals surface area contributed by atoms with Gasteiger partial charge in [0.25, 0.3) is 0 Å². The molecule has 0 N–H and O–H groups in total. The summed E-state index contributed by atoms with van der Waals surface area (Å²) in [6.07, 6.45) is 0. The van der Waals surface area contributed by atoms with Crippen molar-refractivity contribution in [1.29, 1.82) is 0 Å². The molecule has 0 amide bonds. The second kappa shape index (κ2) is 4.06. The lowest BCUT2D eigenvalue weighted by atomic mass is 10.4. The molecule has 0 radical (unpaired) electrons. The third-order valence-electron chi connectivity index (χ3n) is 1.47. The summed E-state index contributed by atoms with van der Waals surface area (Å²) in [5, 5.41) is 0.839. The van der Waals surface area contributed by atoms with Crippen molar-refractivity contribution in [2.45, 2.75) is 24.0 Å². The first-order valence-electron chi connectivity index (χ1n) is 3.77. The minimum Gasteiger partial charge on any atom is -0.254 e. The molecule has 3 heteroatoms. The summed E-state index contributed by atoms with van der Waals surface area (Å²) in [6, 6.07) is 7.13. The maximum atomic E-state index is 11.5. The van der Waals surface area contributed by atoms with Gasteiger partial charge in [-0.3, -0.25) is 4.21 Å². The predicted octanol–water partition coefficient (Wildman–Crippen LogP) is 2.86. The fourth-order valence-electron chi connectivity index (χ4n) is 0.841. The van der Waals surface area contributed by atoms with Gasteiger partial charge >= 0.3 is 0 Å². The average molecular weight is 203 g/mol. The van der Waals surface area contributed by atoms with Gasteiger partial charge in [0.2, 0.25) is 0 Å². The van der Waals surface area contributed by atoms with Gasteiger partial charge in [-0.15, -0.1) is 0 Å². The van der Waals surface area contributed by atoms with Crippen molar-refractivity contribution in [3.8, 4) is 0 Å². The van der Waals surface area contributed by atoms with E-state index in [4.69, 9.17) is 11.6 Å². The average Bonchev–Trinajstić information content (AvgIpc) is 2.04. The van der Waals surface area contributed by atoms with E-state index in [0.29, 0.717) is 5.02 Å². The summed E-state index contributed by atoms with van der Waals surface area (Å²) >= 11 is 5.70. The van der Waals surface area contributed by atoms with Gasteiger partial charge in [-0.25, -0.2) is 0 Å². The summed E-state index contributed by atoms with van der Waals surface area (Å²) in [6.45, 7) is 3.87. The number of halogens is 1. The second-order valence-corrected chi connectivity index (χ2v) is 5.25. The highest BCUT2D eigenvalue weighted by molar-refractivity contribution is 7.85. The molecule has 0 bridgehead atoms. The molecule has 0 aliphatic carbocycles. The third kappa shape index (κ3) is 2.32. The van der Waals surface area contributed by atoms with Gasteiger partial charge < -0.3 is 0 Å². The molecule has 1 aromatic rings. The first-order valence-corrected chi connectivity index (χ1v) is 5.36. The standard InChI is InChI=1S/C9H11ClOS/c1-7(2)12(11)9-5-3-8(10)4-6-9/h3-7H,1-2H3. The molecule has 1 nitrogen and oxygen atoms in total. The molecule has 1 unspecified atom stereocenters. The number of hydrogen-bond donors (Lipinski definition) is 0. The van der Waals surface area contributed by atoms with Crippen LogP contribution in [0, 0.1) is 0 Å². The van der Waals surface area contributed by atoms with Crippen LogP contribution in [0.5, 0.6) is 0 Å². The molecular formula is C9H11ClOS. The van der Waals surface area contributed by atoms with Gasteiger partial charge in [-0.2, -0.15) is 0 Å². The monoisotopic (exact) mass is 202 g/mol. The molecule has 0 saturated carbocycles. The lowest BCUT2D eigenvalue weighted by Gasteiger charge is -2.04. The van der Waals surface area contributed by atoms with E-state index in [2.05, 4.69) is 0 Å². The van der Waals surface area contributed by atoms with Crippen LogP contribution in [0.3, 0.4) is 0 Å².